The fraction of sp³-hybridized carbons (Fsp3) is 0.667. The van der Waals surface area contributed by atoms with Crippen molar-refractivity contribution in [2.45, 2.75) is 6.92 Å². The fourth-order valence-electron chi connectivity index (χ4n) is 0.622. The number of hydrazine groups is 1. The molecule has 0 bridgehead atoms. The molecular weight excluding hydrogens is 164 g/mol. The average Bonchev–Trinajstić information content (AvgIpc) is 1.97. The Morgan fingerprint density at radius 2 is 1.92 bits per heavy atom. The predicted octanol–water partition coefficient (Wildman–Crippen LogP) is -1.02. The fourth-order valence-corrected chi connectivity index (χ4v) is 0.622. The number of likely N-dealkylation sites (N-methyl/N-ethyl adjacent to an activating group) is 1. The van der Waals surface area contributed by atoms with E-state index in [9.17, 15) is 9.59 Å². The molecular formula is C6H12N2O4. The van der Waals surface area contributed by atoms with Gasteiger partial charge >= 0.3 is 11.9 Å². The number of carboxylic acid groups (broad SMARTS) is 2. The number of carboxylic acids is 2. The van der Waals surface area contributed by atoms with Crippen molar-refractivity contribution >= 4 is 11.9 Å². The number of nitrogens with zero attached hydrogens (tertiary/aromatic N) is 1. The normalized spacial score (nSPS) is 10.2. The van der Waals surface area contributed by atoms with E-state index >= 15 is 0 Å². The van der Waals surface area contributed by atoms with Gasteiger partial charge in [0.2, 0.25) is 0 Å². The number of hydrogen-bond acceptors (Lipinski definition) is 4. The monoisotopic (exact) mass is 176 g/mol. The molecule has 0 aliphatic rings. The van der Waals surface area contributed by atoms with Crippen molar-refractivity contribution in [3.63, 3.8) is 0 Å². The van der Waals surface area contributed by atoms with Crippen LogP contribution in [0.25, 0.3) is 0 Å². The summed E-state index contributed by atoms with van der Waals surface area (Å²) >= 11 is 0. The van der Waals surface area contributed by atoms with E-state index < -0.39 is 11.9 Å². The van der Waals surface area contributed by atoms with Crippen molar-refractivity contribution in [2.75, 3.05) is 19.6 Å². The van der Waals surface area contributed by atoms with E-state index in [1.807, 2.05) is 0 Å². The summed E-state index contributed by atoms with van der Waals surface area (Å²) in [6.07, 6.45) is 0. The van der Waals surface area contributed by atoms with Crippen LogP contribution in [0.2, 0.25) is 0 Å². The smallest absolute Gasteiger partial charge is 0.319 e. The lowest BCUT2D eigenvalue weighted by molar-refractivity contribution is -0.142. The number of rotatable bonds is 6. The zero-order valence-corrected chi connectivity index (χ0v) is 6.78. The Morgan fingerprint density at radius 1 is 1.33 bits per heavy atom. The van der Waals surface area contributed by atoms with Gasteiger partial charge in [-0.1, -0.05) is 6.92 Å². The summed E-state index contributed by atoms with van der Waals surface area (Å²) in [6.45, 7) is 1.71. The lowest BCUT2D eigenvalue weighted by Crippen LogP contribution is -2.43. The molecule has 0 atom stereocenters. The Bertz CT molecular complexity index is 171. The average molecular weight is 176 g/mol. The minimum Gasteiger partial charge on any atom is -0.480 e. The van der Waals surface area contributed by atoms with Gasteiger partial charge in [-0.3, -0.25) is 9.59 Å². The van der Waals surface area contributed by atoms with E-state index in [0.29, 0.717) is 6.54 Å². The summed E-state index contributed by atoms with van der Waals surface area (Å²) in [5, 5.41) is 17.9. The maximum Gasteiger partial charge on any atom is 0.319 e. The summed E-state index contributed by atoms with van der Waals surface area (Å²) in [4.78, 5) is 20.3. The highest BCUT2D eigenvalue weighted by Gasteiger charge is 2.07. The van der Waals surface area contributed by atoms with Crippen LogP contribution in [0.4, 0.5) is 0 Å². The molecule has 0 aromatic heterocycles. The predicted molar refractivity (Wildman–Crippen MR) is 40.5 cm³/mol. The van der Waals surface area contributed by atoms with Crippen LogP contribution in [0.3, 0.4) is 0 Å². The molecule has 0 spiro atoms. The van der Waals surface area contributed by atoms with E-state index in [1.165, 1.54) is 5.01 Å². The van der Waals surface area contributed by atoms with Crippen molar-refractivity contribution in [3.8, 4) is 0 Å². The second kappa shape index (κ2) is 5.50. The summed E-state index contributed by atoms with van der Waals surface area (Å²) < 4.78 is 0. The number of aliphatic carboxylic acids is 2. The van der Waals surface area contributed by atoms with Gasteiger partial charge in [-0.2, -0.15) is 0 Å². The van der Waals surface area contributed by atoms with E-state index in [2.05, 4.69) is 5.43 Å². The first kappa shape index (κ1) is 10.9. The van der Waals surface area contributed by atoms with Crippen molar-refractivity contribution in [2.24, 2.45) is 0 Å². The van der Waals surface area contributed by atoms with Crippen LogP contribution in [0.5, 0.6) is 0 Å². The highest BCUT2D eigenvalue weighted by Crippen LogP contribution is 1.80. The van der Waals surface area contributed by atoms with E-state index in [0.717, 1.165) is 0 Å². The van der Waals surface area contributed by atoms with Crippen LogP contribution < -0.4 is 5.43 Å². The van der Waals surface area contributed by atoms with Crippen LogP contribution in [-0.2, 0) is 9.59 Å². The van der Waals surface area contributed by atoms with Gasteiger partial charge < -0.3 is 10.2 Å². The number of nitrogens with one attached hydrogen (secondary N) is 1. The third kappa shape index (κ3) is 5.63. The highest BCUT2D eigenvalue weighted by molar-refractivity contribution is 5.70. The second-order valence-electron chi connectivity index (χ2n) is 2.14. The molecule has 0 saturated carbocycles. The molecule has 3 N–H and O–H groups in total. The molecule has 0 aliphatic carbocycles. The van der Waals surface area contributed by atoms with Crippen molar-refractivity contribution in [1.82, 2.24) is 10.4 Å². The molecule has 0 heterocycles. The van der Waals surface area contributed by atoms with Crippen LogP contribution in [0.15, 0.2) is 0 Å². The lowest BCUT2D eigenvalue weighted by Gasteiger charge is -2.17. The van der Waals surface area contributed by atoms with Gasteiger partial charge in [-0.05, 0) is 0 Å². The number of carbonyl (C=O) groups is 2. The molecule has 0 aromatic rings. The van der Waals surface area contributed by atoms with E-state index in [1.54, 1.807) is 6.92 Å². The molecule has 0 aromatic carbocycles. The molecule has 0 saturated heterocycles. The molecule has 6 nitrogen and oxygen atoms in total. The molecule has 70 valence electrons. The van der Waals surface area contributed by atoms with Crippen molar-refractivity contribution < 1.29 is 19.8 Å². The quantitative estimate of drug-likeness (QED) is 0.449. The Balaban J connectivity index is 3.67. The van der Waals surface area contributed by atoms with Crippen LogP contribution in [0.1, 0.15) is 6.92 Å². The minimum absolute atomic E-state index is 0.205. The van der Waals surface area contributed by atoms with Gasteiger partial charge in [0.25, 0.3) is 0 Å². The lowest BCUT2D eigenvalue weighted by atomic mass is 10.6. The van der Waals surface area contributed by atoms with Crippen molar-refractivity contribution in [3.05, 3.63) is 0 Å². The van der Waals surface area contributed by atoms with Gasteiger partial charge in [0, 0.05) is 6.54 Å². The van der Waals surface area contributed by atoms with E-state index in [4.69, 9.17) is 10.2 Å². The topological polar surface area (TPSA) is 89.9 Å². The molecule has 0 unspecified atom stereocenters. The van der Waals surface area contributed by atoms with Crippen molar-refractivity contribution in [1.29, 1.82) is 0 Å². The molecule has 0 radical (unpaired) electrons. The number of hydrogen-bond donors (Lipinski definition) is 3. The van der Waals surface area contributed by atoms with Crippen LogP contribution >= 0.6 is 0 Å². The van der Waals surface area contributed by atoms with Gasteiger partial charge in [0.15, 0.2) is 0 Å². The Labute approximate surface area is 69.8 Å². The van der Waals surface area contributed by atoms with Gasteiger partial charge in [0.1, 0.15) is 13.1 Å². The maximum absolute atomic E-state index is 10.2. The zero-order valence-electron chi connectivity index (χ0n) is 6.78. The first-order valence-corrected chi connectivity index (χ1v) is 3.48. The molecule has 0 rings (SSSR count). The van der Waals surface area contributed by atoms with Crippen LogP contribution in [0, 0.1) is 0 Å². The van der Waals surface area contributed by atoms with E-state index in [-0.39, 0.29) is 13.1 Å². The van der Waals surface area contributed by atoms with Crippen LogP contribution in [-0.4, -0.2) is 46.8 Å². The third-order valence-electron chi connectivity index (χ3n) is 1.16. The molecule has 0 amide bonds. The van der Waals surface area contributed by atoms with Gasteiger partial charge in [-0.15, -0.1) is 0 Å². The summed E-state index contributed by atoms with van der Waals surface area (Å²) in [7, 11) is 0. The summed E-state index contributed by atoms with van der Waals surface area (Å²) in [5.74, 6) is -2.01. The summed E-state index contributed by atoms with van der Waals surface area (Å²) in [6, 6.07) is 0. The zero-order chi connectivity index (χ0) is 9.56. The Kier molecular flexibility index (Phi) is 4.98. The van der Waals surface area contributed by atoms with Gasteiger partial charge in [-0.25, -0.2) is 10.4 Å². The third-order valence-corrected chi connectivity index (χ3v) is 1.16. The SMILES string of the molecule is CCN(CC(=O)O)NCC(=O)O. The maximum atomic E-state index is 10.2. The first-order valence-electron chi connectivity index (χ1n) is 3.48. The standard InChI is InChI=1S/C6H12N2O4/c1-2-8(4-6(11)12)7-3-5(9)10/h7H,2-4H2,1H3,(H,9,10)(H,11,12). The molecule has 12 heavy (non-hydrogen) atoms. The molecule has 0 fully saturated rings. The summed E-state index contributed by atoms with van der Waals surface area (Å²) in [5.41, 5.74) is 2.45. The molecule has 6 heteroatoms. The Hall–Kier alpha value is -1.14. The van der Waals surface area contributed by atoms with Gasteiger partial charge in [0.05, 0.1) is 0 Å². The molecule has 0 aliphatic heterocycles. The highest BCUT2D eigenvalue weighted by atomic mass is 16.4. The largest absolute Gasteiger partial charge is 0.480 e. The first-order chi connectivity index (χ1) is 5.56. The second-order valence-corrected chi connectivity index (χ2v) is 2.14. The minimum atomic E-state index is -1.01. The Morgan fingerprint density at radius 3 is 2.25 bits per heavy atom.